The number of carbonyl (C=O) groups excluding carboxylic acids is 1. The zero-order valence-corrected chi connectivity index (χ0v) is 12.2. The molecule has 0 atom stereocenters. The molecule has 0 aliphatic carbocycles. The molecule has 0 radical (unpaired) electrons. The van der Waals surface area contributed by atoms with Crippen molar-refractivity contribution in [1.82, 2.24) is 10.6 Å². The highest BCUT2D eigenvalue weighted by Gasteiger charge is 2.12. The van der Waals surface area contributed by atoms with Gasteiger partial charge in [-0.2, -0.15) is 0 Å². The van der Waals surface area contributed by atoms with E-state index in [9.17, 15) is 14.9 Å². The summed E-state index contributed by atoms with van der Waals surface area (Å²) in [6, 6.07) is 4.57. The van der Waals surface area contributed by atoms with E-state index in [1.165, 1.54) is 12.1 Å². The number of rotatable bonds is 7. The molecule has 0 bridgehead atoms. The van der Waals surface area contributed by atoms with Crippen LogP contribution in [0, 0.1) is 16.0 Å². The van der Waals surface area contributed by atoms with E-state index in [2.05, 4.69) is 10.6 Å². The van der Waals surface area contributed by atoms with Gasteiger partial charge in [0.1, 0.15) is 5.02 Å². The van der Waals surface area contributed by atoms with E-state index in [0.717, 1.165) is 0 Å². The van der Waals surface area contributed by atoms with E-state index in [0.29, 0.717) is 24.6 Å². The highest BCUT2D eigenvalue weighted by molar-refractivity contribution is 6.32. The number of hydrogen-bond donors (Lipinski definition) is 2. The van der Waals surface area contributed by atoms with Crippen molar-refractivity contribution in [3.05, 3.63) is 38.9 Å². The molecule has 0 aliphatic rings. The third-order valence-corrected chi connectivity index (χ3v) is 2.85. The SMILES string of the molecule is CC(C)CNC(=O)CNCc1ccc(Cl)c([N+](=O)[O-])c1. The van der Waals surface area contributed by atoms with E-state index in [4.69, 9.17) is 11.6 Å². The minimum Gasteiger partial charge on any atom is -0.355 e. The molecule has 0 fully saturated rings. The molecule has 1 aromatic carbocycles. The first-order valence-corrected chi connectivity index (χ1v) is 6.68. The van der Waals surface area contributed by atoms with Crippen molar-refractivity contribution in [3.8, 4) is 0 Å². The second-order valence-corrected chi connectivity index (χ2v) is 5.25. The molecule has 1 aromatic rings. The first kappa shape index (κ1) is 16.4. The van der Waals surface area contributed by atoms with Crippen LogP contribution in [-0.4, -0.2) is 23.9 Å². The fraction of sp³-hybridized carbons (Fsp3) is 0.462. The zero-order valence-electron chi connectivity index (χ0n) is 11.5. The van der Waals surface area contributed by atoms with Crippen LogP contribution in [0.5, 0.6) is 0 Å². The van der Waals surface area contributed by atoms with E-state index in [-0.39, 0.29) is 23.2 Å². The van der Waals surface area contributed by atoms with Gasteiger partial charge in [-0.05, 0) is 17.5 Å². The molecule has 0 aromatic heterocycles. The summed E-state index contributed by atoms with van der Waals surface area (Å²) < 4.78 is 0. The lowest BCUT2D eigenvalue weighted by Gasteiger charge is -2.08. The predicted octanol–water partition coefficient (Wildman–Crippen LogP) is 2.11. The van der Waals surface area contributed by atoms with Crippen LogP contribution in [0.15, 0.2) is 18.2 Å². The molecule has 0 saturated carbocycles. The van der Waals surface area contributed by atoms with Crippen molar-refractivity contribution in [2.24, 2.45) is 5.92 Å². The topological polar surface area (TPSA) is 84.3 Å². The molecule has 1 amide bonds. The summed E-state index contributed by atoms with van der Waals surface area (Å²) in [6.07, 6.45) is 0. The molecule has 110 valence electrons. The van der Waals surface area contributed by atoms with Gasteiger partial charge in [0, 0.05) is 19.2 Å². The van der Waals surface area contributed by atoms with E-state index in [1.807, 2.05) is 13.8 Å². The Bertz CT molecular complexity index is 492. The molecule has 0 saturated heterocycles. The highest BCUT2D eigenvalue weighted by atomic mass is 35.5. The fourth-order valence-corrected chi connectivity index (χ4v) is 1.70. The normalized spacial score (nSPS) is 10.6. The molecule has 6 nitrogen and oxygen atoms in total. The van der Waals surface area contributed by atoms with Crippen LogP contribution in [-0.2, 0) is 11.3 Å². The van der Waals surface area contributed by atoms with Crippen molar-refractivity contribution in [1.29, 1.82) is 0 Å². The Balaban J connectivity index is 2.44. The minimum atomic E-state index is -0.527. The quantitative estimate of drug-likeness (QED) is 0.596. The van der Waals surface area contributed by atoms with Gasteiger partial charge in [0.25, 0.3) is 5.69 Å². The zero-order chi connectivity index (χ0) is 15.1. The second kappa shape index (κ2) is 7.81. The average Bonchev–Trinajstić information content (AvgIpc) is 2.38. The fourth-order valence-electron chi connectivity index (χ4n) is 1.51. The third kappa shape index (κ3) is 5.54. The number of nitrogens with zero attached hydrogens (tertiary/aromatic N) is 1. The molecule has 0 aliphatic heterocycles. The van der Waals surface area contributed by atoms with Gasteiger partial charge in [0.2, 0.25) is 5.91 Å². The number of halogens is 1. The average molecular weight is 300 g/mol. The van der Waals surface area contributed by atoms with Crippen LogP contribution in [0.4, 0.5) is 5.69 Å². The van der Waals surface area contributed by atoms with Gasteiger partial charge in [-0.1, -0.05) is 31.5 Å². The maximum atomic E-state index is 11.5. The van der Waals surface area contributed by atoms with Crippen LogP contribution < -0.4 is 10.6 Å². The molecular formula is C13H18ClN3O3. The van der Waals surface area contributed by atoms with Crippen LogP contribution in [0.2, 0.25) is 5.02 Å². The monoisotopic (exact) mass is 299 g/mol. The summed E-state index contributed by atoms with van der Waals surface area (Å²) in [4.78, 5) is 21.7. The summed E-state index contributed by atoms with van der Waals surface area (Å²) in [5, 5.41) is 16.6. The predicted molar refractivity (Wildman–Crippen MR) is 77.7 cm³/mol. The van der Waals surface area contributed by atoms with Gasteiger partial charge in [-0.15, -0.1) is 0 Å². The Labute approximate surface area is 122 Å². The van der Waals surface area contributed by atoms with E-state index in [1.54, 1.807) is 6.07 Å². The summed E-state index contributed by atoms with van der Waals surface area (Å²) in [5.41, 5.74) is 0.577. The first-order valence-electron chi connectivity index (χ1n) is 6.30. The molecule has 0 heterocycles. The highest BCUT2D eigenvalue weighted by Crippen LogP contribution is 2.24. The lowest BCUT2D eigenvalue weighted by Crippen LogP contribution is -2.35. The largest absolute Gasteiger partial charge is 0.355 e. The van der Waals surface area contributed by atoms with Gasteiger partial charge in [-0.3, -0.25) is 14.9 Å². The van der Waals surface area contributed by atoms with Crippen molar-refractivity contribution in [2.75, 3.05) is 13.1 Å². The van der Waals surface area contributed by atoms with E-state index >= 15 is 0 Å². The molecule has 20 heavy (non-hydrogen) atoms. The number of nitro groups is 1. The van der Waals surface area contributed by atoms with Crippen molar-refractivity contribution in [2.45, 2.75) is 20.4 Å². The summed E-state index contributed by atoms with van der Waals surface area (Å²) in [5.74, 6) is 0.306. The lowest BCUT2D eigenvalue weighted by molar-refractivity contribution is -0.384. The standard InChI is InChI=1S/C13H18ClN3O3/c1-9(2)6-16-13(18)8-15-7-10-3-4-11(14)12(5-10)17(19)20/h3-5,9,15H,6-8H2,1-2H3,(H,16,18). The number of nitro benzene ring substituents is 1. The molecule has 0 spiro atoms. The van der Waals surface area contributed by atoms with Crippen LogP contribution >= 0.6 is 11.6 Å². The van der Waals surface area contributed by atoms with Gasteiger partial charge >= 0.3 is 0 Å². The van der Waals surface area contributed by atoms with Gasteiger partial charge in [0.05, 0.1) is 11.5 Å². The molecule has 0 unspecified atom stereocenters. The summed E-state index contributed by atoms with van der Waals surface area (Å²) >= 11 is 5.72. The number of hydrogen-bond acceptors (Lipinski definition) is 4. The Morgan fingerprint density at radius 2 is 2.15 bits per heavy atom. The maximum Gasteiger partial charge on any atom is 0.288 e. The Kier molecular flexibility index (Phi) is 6.41. The number of benzene rings is 1. The van der Waals surface area contributed by atoms with Crippen molar-refractivity contribution >= 4 is 23.2 Å². The minimum absolute atomic E-state index is 0.0952. The smallest absolute Gasteiger partial charge is 0.288 e. The van der Waals surface area contributed by atoms with Gasteiger partial charge < -0.3 is 10.6 Å². The molecule has 2 N–H and O–H groups in total. The lowest BCUT2D eigenvalue weighted by atomic mass is 10.2. The van der Waals surface area contributed by atoms with Gasteiger partial charge in [0.15, 0.2) is 0 Å². The molecule has 1 rings (SSSR count). The Hall–Kier alpha value is -1.66. The summed E-state index contributed by atoms with van der Waals surface area (Å²) in [7, 11) is 0. The third-order valence-electron chi connectivity index (χ3n) is 2.53. The Morgan fingerprint density at radius 3 is 2.75 bits per heavy atom. The van der Waals surface area contributed by atoms with Crippen LogP contribution in [0.25, 0.3) is 0 Å². The van der Waals surface area contributed by atoms with Crippen molar-refractivity contribution in [3.63, 3.8) is 0 Å². The summed E-state index contributed by atoms with van der Waals surface area (Å²) in [6.45, 7) is 5.20. The van der Waals surface area contributed by atoms with Gasteiger partial charge in [-0.25, -0.2) is 0 Å². The van der Waals surface area contributed by atoms with Crippen LogP contribution in [0.1, 0.15) is 19.4 Å². The number of amides is 1. The number of nitrogens with one attached hydrogen (secondary N) is 2. The second-order valence-electron chi connectivity index (χ2n) is 4.84. The maximum absolute atomic E-state index is 11.5. The first-order chi connectivity index (χ1) is 9.40. The van der Waals surface area contributed by atoms with Crippen LogP contribution in [0.3, 0.4) is 0 Å². The molecule has 7 heteroatoms. The Morgan fingerprint density at radius 1 is 1.45 bits per heavy atom. The molecular weight excluding hydrogens is 282 g/mol. The van der Waals surface area contributed by atoms with Crippen molar-refractivity contribution < 1.29 is 9.72 Å². The number of carbonyl (C=O) groups is 1. The van der Waals surface area contributed by atoms with E-state index < -0.39 is 4.92 Å².